The molecule has 1 aromatic carbocycles. The highest BCUT2D eigenvalue weighted by molar-refractivity contribution is 7.80. The van der Waals surface area contributed by atoms with E-state index in [0.717, 1.165) is 13.0 Å². The molecule has 0 radical (unpaired) electrons. The number of halogens is 1. The van der Waals surface area contributed by atoms with Gasteiger partial charge in [-0.25, -0.2) is 12.9 Å². The van der Waals surface area contributed by atoms with Crippen LogP contribution in [0.5, 0.6) is 0 Å². The summed E-state index contributed by atoms with van der Waals surface area (Å²) in [4.78, 5) is 24.7. The van der Waals surface area contributed by atoms with Crippen molar-refractivity contribution >= 4 is 28.7 Å². The van der Waals surface area contributed by atoms with Gasteiger partial charge < -0.3 is 16.4 Å². The summed E-state index contributed by atoms with van der Waals surface area (Å²) in [6.45, 7) is 7.72. The molecule has 0 aliphatic carbocycles. The summed E-state index contributed by atoms with van der Waals surface area (Å²) < 4.78 is 28.9. The molecule has 10 heteroatoms. The normalized spacial score (nSPS) is 20.5. The van der Waals surface area contributed by atoms with Gasteiger partial charge in [-0.05, 0) is 44.0 Å². The topological polar surface area (TPSA) is 108 Å². The van der Waals surface area contributed by atoms with Gasteiger partial charge in [-0.3, -0.25) is 9.59 Å². The fraction of sp³-hybridized carbons (Fsp3) is 0.600. The molecule has 4 atom stereocenters. The van der Waals surface area contributed by atoms with Crippen molar-refractivity contribution < 1.29 is 18.2 Å². The molecule has 30 heavy (non-hydrogen) atoms. The van der Waals surface area contributed by atoms with E-state index in [0.29, 0.717) is 25.2 Å². The van der Waals surface area contributed by atoms with Gasteiger partial charge in [0.15, 0.2) is 11.2 Å². The predicted molar refractivity (Wildman–Crippen MR) is 116 cm³/mol. The van der Waals surface area contributed by atoms with Gasteiger partial charge >= 0.3 is 0 Å². The van der Waals surface area contributed by atoms with E-state index in [4.69, 9.17) is 5.73 Å². The predicted octanol–water partition coefficient (Wildman–Crippen LogP) is 1.23. The first-order valence-electron chi connectivity index (χ1n) is 10.3. The zero-order valence-corrected chi connectivity index (χ0v) is 18.6. The Labute approximate surface area is 180 Å². The second-order valence-electron chi connectivity index (χ2n) is 7.61. The molecule has 0 spiro atoms. The van der Waals surface area contributed by atoms with E-state index in [-0.39, 0.29) is 30.1 Å². The Hall–Kier alpha value is -1.88. The molecule has 2 amide bonds. The SMILES string of the molecule is CCCN1CCN([C@H](C)C(=O)NCC(N)CC(C)C(=O)Nc2ccc(F)cc2)S1=O. The zero-order chi connectivity index (χ0) is 22.3. The monoisotopic (exact) mass is 441 g/mol. The number of carbonyl (C=O) groups excluding carboxylic acids is 2. The lowest BCUT2D eigenvalue weighted by molar-refractivity contribution is -0.124. The fourth-order valence-electron chi connectivity index (χ4n) is 3.24. The molecular formula is C20H32FN5O3S. The molecule has 4 N–H and O–H groups in total. The molecule has 1 heterocycles. The summed E-state index contributed by atoms with van der Waals surface area (Å²) in [5.74, 6) is -1.21. The van der Waals surface area contributed by atoms with Crippen LogP contribution in [0.25, 0.3) is 0 Å². The van der Waals surface area contributed by atoms with Crippen LogP contribution in [0.4, 0.5) is 10.1 Å². The first-order chi connectivity index (χ1) is 14.2. The number of nitrogens with one attached hydrogen (secondary N) is 2. The minimum atomic E-state index is -1.30. The molecule has 1 fully saturated rings. The molecule has 0 bridgehead atoms. The molecule has 1 aliphatic rings. The van der Waals surface area contributed by atoms with E-state index in [1.165, 1.54) is 24.3 Å². The van der Waals surface area contributed by atoms with Crippen molar-refractivity contribution in [3.63, 3.8) is 0 Å². The third-order valence-electron chi connectivity index (χ3n) is 5.03. The molecule has 1 aromatic rings. The van der Waals surface area contributed by atoms with Crippen LogP contribution in [0.2, 0.25) is 0 Å². The van der Waals surface area contributed by atoms with Crippen LogP contribution in [0, 0.1) is 11.7 Å². The van der Waals surface area contributed by atoms with Gasteiger partial charge in [0.1, 0.15) is 5.82 Å². The van der Waals surface area contributed by atoms with Crippen LogP contribution in [-0.4, -0.2) is 62.9 Å². The molecule has 0 aromatic heterocycles. The molecule has 2 rings (SSSR count). The number of hydrogen-bond donors (Lipinski definition) is 3. The lowest BCUT2D eigenvalue weighted by atomic mass is 10.0. The Morgan fingerprint density at radius 2 is 1.87 bits per heavy atom. The van der Waals surface area contributed by atoms with Crippen molar-refractivity contribution in [3.8, 4) is 0 Å². The highest BCUT2D eigenvalue weighted by atomic mass is 32.2. The largest absolute Gasteiger partial charge is 0.353 e. The van der Waals surface area contributed by atoms with Gasteiger partial charge in [-0.2, -0.15) is 4.31 Å². The van der Waals surface area contributed by atoms with Gasteiger partial charge in [0, 0.05) is 43.8 Å². The lowest BCUT2D eigenvalue weighted by Gasteiger charge is -2.23. The van der Waals surface area contributed by atoms with E-state index in [1.807, 2.05) is 11.2 Å². The highest BCUT2D eigenvalue weighted by Crippen LogP contribution is 2.16. The number of rotatable bonds is 10. The summed E-state index contributed by atoms with van der Waals surface area (Å²) in [5.41, 5.74) is 6.60. The van der Waals surface area contributed by atoms with Crippen LogP contribution < -0.4 is 16.4 Å². The number of amides is 2. The van der Waals surface area contributed by atoms with Crippen LogP contribution in [0.3, 0.4) is 0 Å². The first-order valence-corrected chi connectivity index (χ1v) is 11.3. The smallest absolute Gasteiger partial charge is 0.238 e. The summed E-state index contributed by atoms with van der Waals surface area (Å²) in [5, 5.41) is 5.51. The third kappa shape index (κ3) is 6.83. The molecular weight excluding hydrogens is 409 g/mol. The Balaban J connectivity index is 1.75. The van der Waals surface area contributed by atoms with Crippen molar-refractivity contribution in [2.24, 2.45) is 11.7 Å². The van der Waals surface area contributed by atoms with Crippen molar-refractivity contribution in [1.82, 2.24) is 13.9 Å². The van der Waals surface area contributed by atoms with Gasteiger partial charge in [-0.1, -0.05) is 13.8 Å². The Bertz CT molecular complexity index is 748. The number of nitrogens with zero attached hydrogens (tertiary/aromatic N) is 2. The molecule has 0 saturated carbocycles. The van der Waals surface area contributed by atoms with E-state index >= 15 is 0 Å². The van der Waals surface area contributed by atoms with Crippen LogP contribution >= 0.6 is 0 Å². The third-order valence-corrected chi connectivity index (χ3v) is 6.74. The van der Waals surface area contributed by atoms with Gasteiger partial charge in [-0.15, -0.1) is 0 Å². The maximum atomic E-state index is 12.9. The minimum Gasteiger partial charge on any atom is -0.353 e. The quantitative estimate of drug-likeness (QED) is 0.507. The second-order valence-corrected chi connectivity index (χ2v) is 9.06. The number of carbonyl (C=O) groups is 2. The van der Waals surface area contributed by atoms with Crippen molar-refractivity contribution in [3.05, 3.63) is 30.1 Å². The number of benzene rings is 1. The lowest BCUT2D eigenvalue weighted by Crippen LogP contribution is -2.48. The zero-order valence-electron chi connectivity index (χ0n) is 17.8. The minimum absolute atomic E-state index is 0.219. The first kappa shape index (κ1) is 24.4. The van der Waals surface area contributed by atoms with Crippen molar-refractivity contribution in [1.29, 1.82) is 0 Å². The van der Waals surface area contributed by atoms with Crippen LogP contribution in [0.15, 0.2) is 24.3 Å². The Morgan fingerprint density at radius 3 is 2.50 bits per heavy atom. The van der Waals surface area contributed by atoms with E-state index in [9.17, 15) is 18.2 Å². The van der Waals surface area contributed by atoms with Crippen LogP contribution in [0.1, 0.15) is 33.6 Å². The summed E-state index contributed by atoms with van der Waals surface area (Å²) >= 11 is -1.30. The Kier molecular flexibility index (Phi) is 9.35. The van der Waals surface area contributed by atoms with E-state index in [2.05, 4.69) is 10.6 Å². The van der Waals surface area contributed by atoms with Crippen molar-refractivity contribution in [2.45, 2.75) is 45.7 Å². The molecule has 8 nitrogen and oxygen atoms in total. The number of hydrogen-bond acceptors (Lipinski definition) is 4. The average molecular weight is 442 g/mol. The number of nitrogens with two attached hydrogens (primary N) is 1. The molecule has 1 aliphatic heterocycles. The standard InChI is InChI=1S/C20H32FN5O3S/c1-4-9-25-10-11-26(30(25)29)15(3)20(28)23-13-17(22)12-14(2)19(27)24-18-7-5-16(21)6-8-18/h5-8,14-15,17H,4,9-13,22H2,1-3H3,(H,23,28)(H,24,27)/t14?,15-,17?,30?/m1/s1. The number of anilines is 1. The van der Waals surface area contributed by atoms with Crippen LogP contribution in [-0.2, 0) is 20.8 Å². The van der Waals surface area contributed by atoms with Gasteiger partial charge in [0.05, 0.1) is 6.04 Å². The average Bonchev–Trinajstić information content (AvgIpc) is 3.07. The van der Waals surface area contributed by atoms with Gasteiger partial charge in [0.2, 0.25) is 11.8 Å². The van der Waals surface area contributed by atoms with E-state index in [1.54, 1.807) is 18.2 Å². The maximum Gasteiger partial charge on any atom is 0.238 e. The molecule has 1 saturated heterocycles. The van der Waals surface area contributed by atoms with Crippen molar-refractivity contribution in [2.75, 3.05) is 31.5 Å². The fourth-order valence-corrected chi connectivity index (χ4v) is 4.71. The summed E-state index contributed by atoms with van der Waals surface area (Å²) in [6, 6.07) is 4.60. The Morgan fingerprint density at radius 1 is 1.20 bits per heavy atom. The summed E-state index contributed by atoms with van der Waals surface area (Å²) in [6.07, 6.45) is 1.28. The highest BCUT2D eigenvalue weighted by Gasteiger charge is 2.34. The second kappa shape index (κ2) is 11.5. The molecule has 168 valence electrons. The van der Waals surface area contributed by atoms with E-state index < -0.39 is 23.3 Å². The summed E-state index contributed by atoms with van der Waals surface area (Å²) in [7, 11) is 0. The van der Waals surface area contributed by atoms with Gasteiger partial charge in [0.25, 0.3) is 0 Å². The molecule has 3 unspecified atom stereocenters. The maximum absolute atomic E-state index is 12.9.